The van der Waals surface area contributed by atoms with Crippen LogP contribution in [0.4, 0.5) is 4.79 Å². The minimum Gasteiger partial charge on any atom is -0.445 e. The number of nitrogens with zero attached hydrogens (tertiary/aromatic N) is 2. The lowest BCUT2D eigenvalue weighted by atomic mass is 9.75. The number of aryl methyl sites for hydroxylation is 1. The van der Waals surface area contributed by atoms with Crippen molar-refractivity contribution in [2.45, 2.75) is 57.7 Å². The second kappa shape index (κ2) is 8.71. The van der Waals surface area contributed by atoms with Crippen LogP contribution in [-0.2, 0) is 11.3 Å². The van der Waals surface area contributed by atoms with E-state index in [1.807, 2.05) is 54.3 Å². The monoisotopic (exact) mass is 402 g/mol. The summed E-state index contributed by atoms with van der Waals surface area (Å²) in [6.45, 7) is 2.19. The van der Waals surface area contributed by atoms with Gasteiger partial charge in [0, 0.05) is 23.6 Å². The summed E-state index contributed by atoms with van der Waals surface area (Å²) in [5, 5.41) is 9.41. The van der Waals surface area contributed by atoms with Gasteiger partial charge in [-0.15, -0.1) is 0 Å². The van der Waals surface area contributed by atoms with Gasteiger partial charge in [0.05, 0.1) is 11.6 Å². The number of rotatable bonds is 4. The van der Waals surface area contributed by atoms with E-state index in [2.05, 4.69) is 6.07 Å². The van der Waals surface area contributed by atoms with E-state index in [-0.39, 0.29) is 36.5 Å². The van der Waals surface area contributed by atoms with Gasteiger partial charge in [0.15, 0.2) is 5.78 Å². The summed E-state index contributed by atoms with van der Waals surface area (Å²) in [5.41, 5.74) is 2.88. The van der Waals surface area contributed by atoms with Gasteiger partial charge >= 0.3 is 6.09 Å². The van der Waals surface area contributed by atoms with Crippen molar-refractivity contribution >= 4 is 11.9 Å². The molecule has 2 aromatic rings. The summed E-state index contributed by atoms with van der Waals surface area (Å²) in [7, 11) is 0. The number of carbonyl (C=O) groups is 2. The van der Waals surface area contributed by atoms with Crippen LogP contribution in [0.25, 0.3) is 0 Å². The van der Waals surface area contributed by atoms with Crippen molar-refractivity contribution in [1.29, 1.82) is 5.26 Å². The van der Waals surface area contributed by atoms with Crippen molar-refractivity contribution in [2.75, 3.05) is 0 Å². The standard InChI is InChI=1S/C25H26N2O3/c1-17-10-11-19(15-26)23(12-17)24(28)20-13-21-8-5-9-22(14-20)27(21)25(29)30-16-18-6-3-2-4-7-18/h2-4,6-7,10-12,20-22H,5,8-9,13-14,16H2,1H3. The van der Waals surface area contributed by atoms with Crippen LogP contribution in [-0.4, -0.2) is 28.9 Å². The molecule has 0 saturated carbocycles. The molecule has 2 unspecified atom stereocenters. The molecule has 2 fully saturated rings. The fourth-order valence-corrected chi connectivity index (χ4v) is 4.87. The van der Waals surface area contributed by atoms with Gasteiger partial charge in [0.1, 0.15) is 6.61 Å². The van der Waals surface area contributed by atoms with Gasteiger partial charge in [-0.25, -0.2) is 4.79 Å². The molecule has 2 bridgehead atoms. The van der Waals surface area contributed by atoms with E-state index in [4.69, 9.17) is 4.74 Å². The maximum absolute atomic E-state index is 13.3. The van der Waals surface area contributed by atoms with Gasteiger partial charge in [-0.2, -0.15) is 5.26 Å². The molecule has 0 aliphatic carbocycles. The molecule has 5 heteroatoms. The second-order valence-electron chi connectivity index (χ2n) is 8.38. The van der Waals surface area contributed by atoms with Crippen LogP contribution in [0.15, 0.2) is 48.5 Å². The summed E-state index contributed by atoms with van der Waals surface area (Å²) in [4.78, 5) is 28.0. The third kappa shape index (κ3) is 4.09. The molecule has 2 atom stereocenters. The van der Waals surface area contributed by atoms with Crippen LogP contribution >= 0.6 is 0 Å². The Morgan fingerprint density at radius 2 is 1.80 bits per heavy atom. The summed E-state index contributed by atoms with van der Waals surface area (Å²) >= 11 is 0. The second-order valence-corrected chi connectivity index (χ2v) is 8.38. The summed E-state index contributed by atoms with van der Waals surface area (Å²) < 4.78 is 5.60. The van der Waals surface area contributed by atoms with E-state index >= 15 is 0 Å². The number of benzene rings is 2. The van der Waals surface area contributed by atoms with Crippen molar-refractivity contribution in [3.05, 3.63) is 70.8 Å². The Morgan fingerprint density at radius 1 is 1.10 bits per heavy atom. The summed E-state index contributed by atoms with van der Waals surface area (Å²) in [6.07, 6.45) is 3.82. The maximum Gasteiger partial charge on any atom is 0.410 e. The summed E-state index contributed by atoms with van der Waals surface area (Å²) in [6, 6.07) is 17.2. The topological polar surface area (TPSA) is 70.4 Å². The average Bonchev–Trinajstić information content (AvgIpc) is 2.76. The first kappa shape index (κ1) is 20.2. The first-order valence-corrected chi connectivity index (χ1v) is 10.6. The van der Waals surface area contributed by atoms with Crippen molar-refractivity contribution in [2.24, 2.45) is 5.92 Å². The first-order chi connectivity index (χ1) is 14.6. The Labute approximate surface area is 177 Å². The molecule has 0 N–H and O–H groups in total. The van der Waals surface area contributed by atoms with E-state index in [1.165, 1.54) is 0 Å². The normalized spacial score (nSPS) is 22.8. The molecule has 2 aliphatic rings. The van der Waals surface area contributed by atoms with Crippen LogP contribution in [0, 0.1) is 24.2 Å². The number of ketones is 1. The predicted octanol–water partition coefficient (Wildman–Crippen LogP) is 5.02. The van der Waals surface area contributed by atoms with Gasteiger partial charge < -0.3 is 9.64 Å². The number of piperidine rings is 2. The van der Waals surface area contributed by atoms with Crippen molar-refractivity contribution < 1.29 is 14.3 Å². The molecule has 0 spiro atoms. The molecular weight excluding hydrogens is 376 g/mol. The van der Waals surface area contributed by atoms with Gasteiger partial charge in [0.2, 0.25) is 0 Å². The number of hydrogen-bond acceptors (Lipinski definition) is 4. The van der Waals surface area contributed by atoms with Gasteiger partial charge in [-0.05, 0) is 56.7 Å². The van der Waals surface area contributed by atoms with E-state index < -0.39 is 0 Å². The van der Waals surface area contributed by atoms with E-state index in [0.717, 1.165) is 30.4 Å². The zero-order chi connectivity index (χ0) is 21.1. The van der Waals surface area contributed by atoms with E-state index in [0.29, 0.717) is 24.0 Å². The largest absolute Gasteiger partial charge is 0.445 e. The zero-order valence-corrected chi connectivity index (χ0v) is 17.2. The number of hydrogen-bond donors (Lipinski definition) is 0. The van der Waals surface area contributed by atoms with Crippen molar-refractivity contribution in [1.82, 2.24) is 4.90 Å². The molecule has 154 valence electrons. The van der Waals surface area contributed by atoms with Gasteiger partial charge in [-0.1, -0.05) is 42.0 Å². The van der Waals surface area contributed by atoms with E-state index in [1.54, 1.807) is 6.07 Å². The lowest BCUT2D eigenvalue weighted by molar-refractivity contribution is 0.00472. The Balaban J connectivity index is 1.47. The number of ether oxygens (including phenoxy) is 1. The fraction of sp³-hybridized carbons (Fsp3) is 0.400. The third-order valence-electron chi connectivity index (χ3n) is 6.32. The molecule has 5 nitrogen and oxygen atoms in total. The quantitative estimate of drug-likeness (QED) is 0.673. The predicted molar refractivity (Wildman–Crippen MR) is 113 cm³/mol. The lowest BCUT2D eigenvalue weighted by Gasteiger charge is -2.47. The number of nitriles is 1. The smallest absolute Gasteiger partial charge is 0.410 e. The highest BCUT2D eigenvalue weighted by atomic mass is 16.6. The number of amides is 1. The van der Waals surface area contributed by atoms with Crippen LogP contribution < -0.4 is 0 Å². The van der Waals surface area contributed by atoms with Crippen molar-refractivity contribution in [3.63, 3.8) is 0 Å². The Bertz CT molecular complexity index is 966. The van der Waals surface area contributed by atoms with Gasteiger partial charge in [-0.3, -0.25) is 4.79 Å². The minimum atomic E-state index is -0.285. The minimum absolute atomic E-state index is 0.0186. The van der Waals surface area contributed by atoms with Crippen LogP contribution in [0.2, 0.25) is 0 Å². The molecule has 2 aliphatic heterocycles. The molecular formula is C25H26N2O3. The zero-order valence-electron chi connectivity index (χ0n) is 17.2. The molecule has 0 aromatic heterocycles. The fourth-order valence-electron chi connectivity index (χ4n) is 4.87. The highest BCUT2D eigenvalue weighted by molar-refractivity contribution is 6.00. The highest BCUT2D eigenvalue weighted by Gasteiger charge is 2.44. The molecule has 2 aromatic carbocycles. The highest BCUT2D eigenvalue weighted by Crippen LogP contribution is 2.39. The van der Waals surface area contributed by atoms with Crippen LogP contribution in [0.1, 0.15) is 59.2 Å². The van der Waals surface area contributed by atoms with Crippen molar-refractivity contribution in [3.8, 4) is 6.07 Å². The summed E-state index contributed by atoms with van der Waals surface area (Å²) in [5.74, 6) is -0.128. The molecule has 2 heterocycles. The SMILES string of the molecule is Cc1ccc(C#N)c(C(=O)C2CC3CCCC(C2)N3C(=O)OCc2ccccc2)c1. The van der Waals surface area contributed by atoms with Crippen LogP contribution in [0.5, 0.6) is 0 Å². The lowest BCUT2D eigenvalue weighted by Crippen LogP contribution is -2.55. The number of fused-ring (bicyclic) bond motifs is 2. The molecule has 30 heavy (non-hydrogen) atoms. The number of carbonyl (C=O) groups excluding carboxylic acids is 2. The first-order valence-electron chi connectivity index (χ1n) is 10.6. The maximum atomic E-state index is 13.3. The van der Waals surface area contributed by atoms with Crippen LogP contribution in [0.3, 0.4) is 0 Å². The Morgan fingerprint density at radius 3 is 2.47 bits per heavy atom. The molecule has 2 saturated heterocycles. The Hall–Kier alpha value is -3.13. The average molecular weight is 402 g/mol. The third-order valence-corrected chi connectivity index (χ3v) is 6.32. The molecule has 0 radical (unpaired) electrons. The molecule has 1 amide bonds. The van der Waals surface area contributed by atoms with Gasteiger partial charge in [0.25, 0.3) is 0 Å². The number of Topliss-reactive ketones (excluding diaryl/α,β-unsaturated/α-hetero) is 1. The van der Waals surface area contributed by atoms with E-state index in [9.17, 15) is 14.9 Å². The Kier molecular flexibility index (Phi) is 5.85. The molecule has 4 rings (SSSR count).